The molecule has 2 N–H and O–H groups in total. The summed E-state index contributed by atoms with van der Waals surface area (Å²) in [6, 6.07) is 1.78. The van der Waals surface area contributed by atoms with Crippen LogP contribution >= 0.6 is 0 Å². The lowest BCUT2D eigenvalue weighted by molar-refractivity contribution is -0.118. The van der Waals surface area contributed by atoms with Crippen molar-refractivity contribution < 1.29 is 14.6 Å². The Balaban J connectivity index is 2.64. The summed E-state index contributed by atoms with van der Waals surface area (Å²) < 4.78 is 4.98. The molecule has 1 rings (SSSR count). The molecule has 1 aliphatic rings. The molecule has 2 atom stereocenters. The Bertz CT molecular complexity index is 360. The molecule has 5 nitrogen and oxygen atoms in total. The van der Waals surface area contributed by atoms with Gasteiger partial charge >= 0.3 is 0 Å². The molecule has 0 heterocycles. The summed E-state index contributed by atoms with van der Waals surface area (Å²) in [5, 5.41) is 21.2. The van der Waals surface area contributed by atoms with Crippen LogP contribution in [-0.2, 0) is 9.53 Å². The Morgan fingerprint density at radius 2 is 2.21 bits per heavy atom. The highest BCUT2D eigenvalue weighted by Gasteiger charge is 2.25. The number of aliphatic hydroxyl groups is 1. The molecule has 0 aromatic rings. The van der Waals surface area contributed by atoms with Crippen LogP contribution in [0.5, 0.6) is 0 Å². The first kappa shape index (κ1) is 15.5. The van der Waals surface area contributed by atoms with Crippen LogP contribution in [0.1, 0.15) is 39.0 Å². The van der Waals surface area contributed by atoms with E-state index in [-0.39, 0.29) is 24.1 Å². The van der Waals surface area contributed by atoms with E-state index in [0.717, 1.165) is 32.1 Å². The normalized spacial score (nSPS) is 24.2. The summed E-state index contributed by atoms with van der Waals surface area (Å²) in [5.74, 6) is -0.334. The molecule has 1 amide bonds. The maximum absolute atomic E-state index is 12.0. The first-order valence-electron chi connectivity index (χ1n) is 6.86. The monoisotopic (exact) mass is 266 g/mol. The van der Waals surface area contributed by atoms with E-state index in [0.29, 0.717) is 6.61 Å². The molecule has 0 aromatic heterocycles. The van der Waals surface area contributed by atoms with Crippen LogP contribution in [0.3, 0.4) is 0 Å². The Labute approximate surface area is 114 Å². The molecule has 19 heavy (non-hydrogen) atoms. The fraction of sp³-hybridized carbons (Fsp3) is 0.714. The number of rotatable bonds is 5. The second-order valence-corrected chi connectivity index (χ2v) is 4.76. The van der Waals surface area contributed by atoms with Crippen molar-refractivity contribution in [3.8, 4) is 6.07 Å². The summed E-state index contributed by atoms with van der Waals surface area (Å²) in [6.45, 7) is 2.28. The highest BCUT2D eigenvalue weighted by Crippen LogP contribution is 2.23. The number of aliphatic hydroxyl groups excluding tert-OH is 1. The van der Waals surface area contributed by atoms with Gasteiger partial charge in [0, 0.05) is 18.6 Å². The number of hydrogen-bond donors (Lipinski definition) is 2. The number of amides is 1. The van der Waals surface area contributed by atoms with Crippen molar-refractivity contribution in [2.24, 2.45) is 5.92 Å². The van der Waals surface area contributed by atoms with Gasteiger partial charge in [-0.3, -0.25) is 4.79 Å². The van der Waals surface area contributed by atoms with Gasteiger partial charge in [0.2, 0.25) is 0 Å². The number of carbonyl (C=O) groups excluding carboxylic acids is 1. The van der Waals surface area contributed by atoms with Crippen LogP contribution in [0.15, 0.2) is 11.8 Å². The van der Waals surface area contributed by atoms with E-state index in [1.165, 1.54) is 6.26 Å². The van der Waals surface area contributed by atoms with Crippen LogP contribution in [0.2, 0.25) is 0 Å². The zero-order chi connectivity index (χ0) is 14.1. The molecule has 1 saturated carbocycles. The second-order valence-electron chi connectivity index (χ2n) is 4.76. The Morgan fingerprint density at radius 1 is 1.47 bits per heavy atom. The molecule has 2 unspecified atom stereocenters. The Kier molecular flexibility index (Phi) is 6.98. The van der Waals surface area contributed by atoms with Crippen molar-refractivity contribution in [2.75, 3.05) is 13.2 Å². The predicted molar refractivity (Wildman–Crippen MR) is 70.9 cm³/mol. The number of nitrogens with one attached hydrogen (secondary N) is 1. The van der Waals surface area contributed by atoms with Gasteiger partial charge in [-0.05, 0) is 19.8 Å². The molecule has 0 radical (unpaired) electrons. The van der Waals surface area contributed by atoms with Crippen molar-refractivity contribution >= 4 is 5.91 Å². The quantitative estimate of drug-likeness (QED) is 0.342. The van der Waals surface area contributed by atoms with Crippen LogP contribution in [0.25, 0.3) is 0 Å². The smallest absolute Gasteiger partial charge is 0.265 e. The predicted octanol–water partition coefficient (Wildman–Crippen LogP) is 1.49. The molecular weight excluding hydrogens is 244 g/mol. The first-order valence-corrected chi connectivity index (χ1v) is 6.86. The van der Waals surface area contributed by atoms with E-state index in [2.05, 4.69) is 5.32 Å². The number of nitriles is 1. The Morgan fingerprint density at radius 3 is 2.84 bits per heavy atom. The lowest BCUT2D eigenvalue weighted by Gasteiger charge is -2.24. The third-order valence-electron chi connectivity index (χ3n) is 3.44. The van der Waals surface area contributed by atoms with Gasteiger partial charge in [-0.1, -0.05) is 19.3 Å². The molecule has 1 fully saturated rings. The second kappa shape index (κ2) is 8.54. The van der Waals surface area contributed by atoms with Gasteiger partial charge in [-0.2, -0.15) is 5.26 Å². The molecule has 0 spiro atoms. The van der Waals surface area contributed by atoms with Crippen LogP contribution in [0.4, 0.5) is 0 Å². The summed E-state index contributed by atoms with van der Waals surface area (Å²) in [7, 11) is 0. The van der Waals surface area contributed by atoms with Crippen molar-refractivity contribution in [1.82, 2.24) is 5.32 Å². The highest BCUT2D eigenvalue weighted by atomic mass is 16.5. The standard InChI is InChI=1S/C14H22N2O3/c1-2-19-10-12(8-15)14(18)16-13-7-5-3-4-6-11(13)9-17/h10-11,13,17H,2-7,9H2,1H3,(H,16,18)/b12-10-. The number of hydrogen-bond acceptors (Lipinski definition) is 4. The first-order chi connectivity index (χ1) is 9.22. The maximum Gasteiger partial charge on any atom is 0.265 e. The van der Waals surface area contributed by atoms with Gasteiger partial charge in [-0.25, -0.2) is 0 Å². The van der Waals surface area contributed by atoms with Gasteiger partial charge in [0.1, 0.15) is 12.3 Å². The van der Waals surface area contributed by atoms with Crippen molar-refractivity contribution in [1.29, 1.82) is 5.26 Å². The van der Waals surface area contributed by atoms with E-state index >= 15 is 0 Å². The van der Waals surface area contributed by atoms with Crippen LogP contribution < -0.4 is 5.32 Å². The number of carbonyl (C=O) groups is 1. The summed E-state index contributed by atoms with van der Waals surface area (Å²) in [6.07, 6.45) is 6.21. The molecule has 1 aliphatic carbocycles. The topological polar surface area (TPSA) is 82.3 Å². The summed E-state index contributed by atoms with van der Waals surface area (Å²) in [5.41, 5.74) is -0.0252. The number of ether oxygens (including phenoxy) is 1. The minimum atomic E-state index is -0.415. The average molecular weight is 266 g/mol. The van der Waals surface area contributed by atoms with Gasteiger partial charge in [-0.15, -0.1) is 0 Å². The van der Waals surface area contributed by atoms with Gasteiger partial charge in [0.05, 0.1) is 6.61 Å². The fourth-order valence-electron chi connectivity index (χ4n) is 2.34. The van der Waals surface area contributed by atoms with E-state index in [4.69, 9.17) is 10.00 Å². The van der Waals surface area contributed by atoms with Gasteiger partial charge < -0.3 is 15.2 Å². The van der Waals surface area contributed by atoms with Crippen molar-refractivity contribution in [2.45, 2.75) is 45.1 Å². The lowest BCUT2D eigenvalue weighted by Crippen LogP contribution is -2.41. The van der Waals surface area contributed by atoms with E-state index < -0.39 is 5.91 Å². The van der Waals surface area contributed by atoms with Crippen molar-refractivity contribution in [3.63, 3.8) is 0 Å². The fourth-order valence-corrected chi connectivity index (χ4v) is 2.34. The molecule has 106 valence electrons. The maximum atomic E-state index is 12.0. The minimum Gasteiger partial charge on any atom is -0.500 e. The molecule has 0 saturated heterocycles. The largest absolute Gasteiger partial charge is 0.500 e. The van der Waals surface area contributed by atoms with Crippen molar-refractivity contribution in [3.05, 3.63) is 11.8 Å². The number of nitrogens with zero attached hydrogens (tertiary/aromatic N) is 1. The van der Waals surface area contributed by atoms with Crippen LogP contribution in [-0.4, -0.2) is 30.3 Å². The third kappa shape index (κ3) is 4.92. The average Bonchev–Trinajstić information content (AvgIpc) is 2.64. The van der Waals surface area contributed by atoms with E-state index in [1.807, 2.05) is 6.07 Å². The van der Waals surface area contributed by atoms with Gasteiger partial charge in [0.25, 0.3) is 5.91 Å². The lowest BCUT2D eigenvalue weighted by atomic mass is 9.95. The SMILES string of the molecule is CCO/C=C(/C#N)C(=O)NC1CCCCCC1CO. The third-order valence-corrected chi connectivity index (χ3v) is 3.44. The zero-order valence-electron chi connectivity index (χ0n) is 11.4. The minimum absolute atomic E-state index is 0.0252. The molecule has 5 heteroatoms. The Hall–Kier alpha value is -1.54. The summed E-state index contributed by atoms with van der Waals surface area (Å²) >= 11 is 0. The molecular formula is C14H22N2O3. The molecule has 0 aliphatic heterocycles. The summed E-state index contributed by atoms with van der Waals surface area (Å²) in [4.78, 5) is 12.0. The zero-order valence-corrected chi connectivity index (χ0v) is 11.4. The van der Waals surface area contributed by atoms with E-state index in [9.17, 15) is 9.90 Å². The molecule has 0 bridgehead atoms. The molecule has 0 aromatic carbocycles. The highest BCUT2D eigenvalue weighted by molar-refractivity contribution is 5.97. The van der Waals surface area contributed by atoms with Gasteiger partial charge in [0.15, 0.2) is 5.57 Å². The van der Waals surface area contributed by atoms with E-state index in [1.54, 1.807) is 6.92 Å². The van der Waals surface area contributed by atoms with Crippen LogP contribution in [0, 0.1) is 17.2 Å².